The minimum atomic E-state index is -0.342. The molecule has 0 unspecified atom stereocenters. The predicted molar refractivity (Wildman–Crippen MR) is 123 cm³/mol. The number of rotatable bonds is 5. The number of benzene rings is 3. The molecule has 150 valence electrons. The Balaban J connectivity index is 1.73. The molecule has 2 N–H and O–H groups in total. The average Bonchev–Trinajstić information content (AvgIpc) is 2.77. The van der Waals surface area contributed by atoms with Crippen molar-refractivity contribution in [1.82, 2.24) is 10.7 Å². The van der Waals surface area contributed by atoms with Crippen LogP contribution in [0.15, 0.2) is 94.2 Å². The number of guanidine groups is 1. The van der Waals surface area contributed by atoms with Crippen molar-refractivity contribution in [2.24, 2.45) is 15.3 Å². The minimum absolute atomic E-state index is 0.0688. The summed E-state index contributed by atoms with van der Waals surface area (Å²) < 4.78 is 0. The maximum Gasteiger partial charge on any atom is 0.258 e. The van der Waals surface area contributed by atoms with Crippen LogP contribution in [0, 0.1) is 0 Å². The van der Waals surface area contributed by atoms with E-state index in [1.807, 2.05) is 18.2 Å². The van der Waals surface area contributed by atoms with Crippen LogP contribution in [0.3, 0.4) is 0 Å². The van der Waals surface area contributed by atoms with Crippen molar-refractivity contribution in [3.63, 3.8) is 0 Å². The lowest BCUT2D eigenvalue weighted by Gasteiger charge is -2.06. The zero-order valence-electron chi connectivity index (χ0n) is 15.7. The van der Waals surface area contributed by atoms with E-state index in [2.05, 4.69) is 26.0 Å². The summed E-state index contributed by atoms with van der Waals surface area (Å²) in [4.78, 5) is 12.4. The molecular formula is C22H17Cl2N5O. The lowest BCUT2D eigenvalue weighted by Crippen LogP contribution is -2.38. The van der Waals surface area contributed by atoms with Crippen LogP contribution in [-0.4, -0.2) is 24.3 Å². The van der Waals surface area contributed by atoms with E-state index in [-0.39, 0.29) is 11.9 Å². The number of nitrogens with zero attached hydrogens (tertiary/aromatic N) is 3. The number of carbonyl (C=O) groups excluding carboxylic acids is 1. The van der Waals surface area contributed by atoms with Gasteiger partial charge in [0.15, 0.2) is 0 Å². The molecule has 0 bridgehead atoms. The van der Waals surface area contributed by atoms with Gasteiger partial charge < -0.3 is 0 Å². The summed E-state index contributed by atoms with van der Waals surface area (Å²) in [7, 11) is 0. The first-order chi connectivity index (χ1) is 14.6. The summed E-state index contributed by atoms with van der Waals surface area (Å²) in [6.07, 6.45) is 3.11. The highest BCUT2D eigenvalue weighted by Crippen LogP contribution is 2.08. The van der Waals surface area contributed by atoms with Crippen LogP contribution >= 0.6 is 23.2 Å². The molecule has 6 nitrogen and oxygen atoms in total. The molecule has 0 atom stereocenters. The summed E-state index contributed by atoms with van der Waals surface area (Å²) in [6, 6.07) is 23.0. The molecule has 0 spiro atoms. The van der Waals surface area contributed by atoms with Crippen molar-refractivity contribution in [2.75, 3.05) is 0 Å². The molecule has 3 rings (SSSR count). The van der Waals surface area contributed by atoms with E-state index in [0.717, 1.165) is 11.1 Å². The SMILES string of the molecule is O=C(NC(=NN=Cc1ccc(Cl)cc1)NN=Cc1ccc(Cl)cc1)c1ccccc1. The third-order valence-corrected chi connectivity index (χ3v) is 4.26. The number of halogens is 2. The normalized spacial score (nSPS) is 11.7. The minimum Gasteiger partial charge on any atom is -0.290 e. The first-order valence-corrected chi connectivity index (χ1v) is 9.63. The largest absolute Gasteiger partial charge is 0.290 e. The summed E-state index contributed by atoms with van der Waals surface area (Å²) in [5, 5.41) is 16.1. The fourth-order valence-electron chi connectivity index (χ4n) is 2.26. The van der Waals surface area contributed by atoms with Crippen molar-refractivity contribution >= 4 is 47.5 Å². The zero-order valence-corrected chi connectivity index (χ0v) is 17.2. The highest BCUT2D eigenvalue weighted by Gasteiger charge is 2.07. The van der Waals surface area contributed by atoms with Gasteiger partial charge in [-0.05, 0) is 47.5 Å². The number of nitrogens with one attached hydrogen (secondary N) is 2. The van der Waals surface area contributed by atoms with E-state index in [4.69, 9.17) is 23.2 Å². The molecule has 0 saturated carbocycles. The predicted octanol–water partition coefficient (Wildman–Crippen LogP) is 4.74. The molecule has 0 fully saturated rings. The van der Waals surface area contributed by atoms with E-state index < -0.39 is 0 Å². The van der Waals surface area contributed by atoms with Gasteiger partial charge in [0.25, 0.3) is 5.91 Å². The number of hydrogen-bond donors (Lipinski definition) is 2. The van der Waals surface area contributed by atoms with Gasteiger partial charge in [0, 0.05) is 15.6 Å². The molecule has 0 aliphatic heterocycles. The first kappa shape index (κ1) is 21.2. The Labute approximate surface area is 183 Å². The number of hydrogen-bond acceptors (Lipinski definition) is 4. The Morgan fingerprint density at radius 3 is 1.93 bits per heavy atom. The number of carbonyl (C=O) groups is 1. The zero-order chi connectivity index (χ0) is 21.2. The molecule has 3 aromatic carbocycles. The molecule has 1 amide bonds. The van der Waals surface area contributed by atoms with E-state index in [1.165, 1.54) is 6.21 Å². The summed E-state index contributed by atoms with van der Waals surface area (Å²) >= 11 is 11.8. The Morgan fingerprint density at radius 1 is 0.767 bits per heavy atom. The highest BCUT2D eigenvalue weighted by molar-refractivity contribution is 6.30. The van der Waals surface area contributed by atoms with Gasteiger partial charge >= 0.3 is 0 Å². The van der Waals surface area contributed by atoms with Gasteiger partial charge in [0.2, 0.25) is 5.96 Å². The van der Waals surface area contributed by atoms with Crippen LogP contribution in [0.2, 0.25) is 10.0 Å². The van der Waals surface area contributed by atoms with Gasteiger partial charge in [0.1, 0.15) is 0 Å². The monoisotopic (exact) mass is 437 g/mol. The van der Waals surface area contributed by atoms with Gasteiger partial charge in [-0.1, -0.05) is 65.7 Å². The van der Waals surface area contributed by atoms with Crippen LogP contribution in [0.4, 0.5) is 0 Å². The van der Waals surface area contributed by atoms with E-state index in [1.54, 1.807) is 66.9 Å². The molecule has 8 heteroatoms. The van der Waals surface area contributed by atoms with E-state index in [0.29, 0.717) is 15.6 Å². The third kappa shape index (κ3) is 6.84. The topological polar surface area (TPSA) is 78.2 Å². The van der Waals surface area contributed by atoms with Gasteiger partial charge in [-0.25, -0.2) is 5.43 Å². The molecular weight excluding hydrogens is 421 g/mol. The quantitative estimate of drug-likeness (QED) is 0.343. The average molecular weight is 438 g/mol. The second-order valence-corrected chi connectivity index (χ2v) is 6.86. The van der Waals surface area contributed by atoms with E-state index >= 15 is 0 Å². The molecule has 3 aromatic rings. The summed E-state index contributed by atoms with van der Waals surface area (Å²) in [6.45, 7) is 0. The molecule has 0 aliphatic rings. The first-order valence-electron chi connectivity index (χ1n) is 8.88. The van der Waals surface area contributed by atoms with Crippen molar-refractivity contribution < 1.29 is 4.79 Å². The molecule has 30 heavy (non-hydrogen) atoms. The second-order valence-electron chi connectivity index (χ2n) is 5.99. The molecule has 0 aliphatic carbocycles. The lowest BCUT2D eigenvalue weighted by molar-refractivity contribution is 0.0975. The molecule has 0 saturated heterocycles. The Hall–Kier alpha value is -3.48. The maximum absolute atomic E-state index is 12.4. The molecule has 0 heterocycles. The summed E-state index contributed by atoms with van der Waals surface area (Å²) in [5.41, 5.74) is 4.81. The van der Waals surface area contributed by atoms with Crippen LogP contribution < -0.4 is 10.7 Å². The number of hydrazone groups is 1. The van der Waals surface area contributed by atoms with Crippen LogP contribution in [0.5, 0.6) is 0 Å². The second kappa shape index (κ2) is 10.9. The lowest BCUT2D eigenvalue weighted by atomic mass is 10.2. The van der Waals surface area contributed by atoms with E-state index in [9.17, 15) is 4.79 Å². The maximum atomic E-state index is 12.4. The molecule has 0 radical (unpaired) electrons. The van der Waals surface area contributed by atoms with Gasteiger partial charge in [-0.3, -0.25) is 10.1 Å². The molecule has 0 aromatic heterocycles. The van der Waals surface area contributed by atoms with Crippen LogP contribution in [0.25, 0.3) is 0 Å². The Morgan fingerprint density at radius 2 is 1.33 bits per heavy atom. The van der Waals surface area contributed by atoms with Gasteiger partial charge in [-0.2, -0.15) is 10.2 Å². The third-order valence-electron chi connectivity index (χ3n) is 3.76. The Kier molecular flexibility index (Phi) is 7.71. The van der Waals surface area contributed by atoms with Crippen molar-refractivity contribution in [3.8, 4) is 0 Å². The van der Waals surface area contributed by atoms with Crippen molar-refractivity contribution in [2.45, 2.75) is 0 Å². The van der Waals surface area contributed by atoms with Crippen LogP contribution in [0.1, 0.15) is 21.5 Å². The van der Waals surface area contributed by atoms with Crippen molar-refractivity contribution in [1.29, 1.82) is 0 Å². The fraction of sp³-hybridized carbons (Fsp3) is 0. The van der Waals surface area contributed by atoms with Gasteiger partial charge in [-0.15, -0.1) is 5.10 Å². The Bertz CT molecular complexity index is 1060. The highest BCUT2D eigenvalue weighted by atomic mass is 35.5. The summed E-state index contributed by atoms with van der Waals surface area (Å²) in [5.74, 6) is -0.274. The standard InChI is InChI=1S/C22H17Cl2N5O/c23-19-10-6-16(7-11-19)14-25-28-22(27-21(30)18-4-2-1-3-5-18)29-26-15-17-8-12-20(24)13-9-17/h1-15H,(H2,27,28,29,30). The fourth-order valence-corrected chi connectivity index (χ4v) is 2.52. The van der Waals surface area contributed by atoms with Crippen LogP contribution in [-0.2, 0) is 0 Å². The number of amides is 1. The van der Waals surface area contributed by atoms with Crippen molar-refractivity contribution in [3.05, 3.63) is 106 Å². The smallest absolute Gasteiger partial charge is 0.258 e. The van der Waals surface area contributed by atoms with Gasteiger partial charge in [0.05, 0.1) is 12.4 Å².